The molecule has 1 N–H and O–H groups in total. The van der Waals surface area contributed by atoms with Crippen molar-refractivity contribution in [2.45, 2.75) is 109 Å². The van der Waals surface area contributed by atoms with Crippen LogP contribution in [0.3, 0.4) is 0 Å². The predicted octanol–water partition coefficient (Wildman–Crippen LogP) is 6.08. The molecule has 0 aromatic heterocycles. The number of esters is 1. The Labute approximate surface area is 226 Å². The van der Waals surface area contributed by atoms with E-state index in [1.165, 1.54) is 7.11 Å². The van der Waals surface area contributed by atoms with Crippen molar-refractivity contribution in [2.75, 3.05) is 13.7 Å². The molecule has 9 heteroatoms. The topological polar surface area (TPSA) is 85.3 Å². The lowest BCUT2D eigenvalue weighted by molar-refractivity contribution is -0.154. The van der Waals surface area contributed by atoms with Crippen LogP contribution in [0, 0.1) is 0 Å². The maximum Gasteiger partial charge on any atom is 0.411 e. The number of aliphatic hydroxyl groups is 1. The van der Waals surface area contributed by atoms with Gasteiger partial charge in [-0.15, -0.1) is 0 Å². The van der Waals surface area contributed by atoms with E-state index in [-0.39, 0.29) is 24.5 Å². The van der Waals surface area contributed by atoms with Crippen LogP contribution in [0.2, 0.25) is 18.1 Å². The lowest BCUT2D eigenvalue weighted by Gasteiger charge is -2.41. The van der Waals surface area contributed by atoms with Gasteiger partial charge in [-0.1, -0.05) is 48.8 Å². The van der Waals surface area contributed by atoms with E-state index in [1.807, 2.05) is 24.3 Å². The molecule has 204 valence electrons. The molecule has 3 atom stereocenters. The Kier molecular flexibility index (Phi) is 9.87. The number of benzene rings is 1. The maximum atomic E-state index is 13.8. The van der Waals surface area contributed by atoms with Gasteiger partial charge in [0.05, 0.1) is 19.3 Å². The van der Waals surface area contributed by atoms with Crippen LogP contribution in [0.25, 0.3) is 0 Å². The average molecular weight is 587 g/mol. The Hall–Kier alpha value is -1.42. The fourth-order valence-electron chi connectivity index (χ4n) is 4.55. The zero-order chi connectivity index (χ0) is 27.5. The number of carbonyl (C=O) groups excluding carboxylic acids is 2. The number of rotatable bonds is 8. The molecule has 0 unspecified atom stereocenters. The number of likely N-dealkylation sites (tertiary alicyclic amines) is 1. The molecule has 1 aliphatic rings. The molecular weight excluding hydrogens is 542 g/mol. The van der Waals surface area contributed by atoms with E-state index < -0.39 is 43.7 Å². The van der Waals surface area contributed by atoms with Crippen molar-refractivity contribution in [3.05, 3.63) is 34.3 Å². The van der Waals surface area contributed by atoms with Gasteiger partial charge in [0, 0.05) is 23.9 Å². The minimum absolute atomic E-state index is 0.0255. The van der Waals surface area contributed by atoms with Crippen LogP contribution in [0.1, 0.15) is 66.4 Å². The zero-order valence-corrected chi connectivity index (χ0v) is 25.9. The average Bonchev–Trinajstić information content (AvgIpc) is 3.02. The van der Waals surface area contributed by atoms with Crippen LogP contribution >= 0.6 is 15.9 Å². The third kappa shape index (κ3) is 7.11. The summed E-state index contributed by atoms with van der Waals surface area (Å²) in [4.78, 5) is 29.0. The van der Waals surface area contributed by atoms with E-state index in [1.54, 1.807) is 25.7 Å². The number of nitrogens with zero attached hydrogens (tertiary/aromatic N) is 1. The molecule has 1 heterocycles. The number of amides is 1. The Bertz CT molecular complexity index is 926. The standard InChI is InChI=1S/C27H44BrNO6Si/c1-25(2,3)34-24(32)29-21(14-11-15-30)22(35-36(8,9)26(4,5)6)18-27(29,23(31)33-7)17-19-12-10-13-20(28)16-19/h10,12-13,16,21-22,30H,11,14-15,17-18H2,1-9H3/t21-,22-,27-/m0/s1. The first-order chi connectivity index (χ1) is 16.5. The summed E-state index contributed by atoms with van der Waals surface area (Å²) < 4.78 is 19.0. The van der Waals surface area contributed by atoms with Crippen molar-refractivity contribution in [2.24, 2.45) is 0 Å². The molecule has 0 saturated carbocycles. The molecule has 1 aromatic carbocycles. The third-order valence-electron chi connectivity index (χ3n) is 7.21. The smallest absolute Gasteiger partial charge is 0.411 e. The summed E-state index contributed by atoms with van der Waals surface area (Å²) in [5, 5.41) is 9.61. The van der Waals surface area contributed by atoms with Crippen molar-refractivity contribution in [1.82, 2.24) is 4.90 Å². The number of hydrogen-bond acceptors (Lipinski definition) is 6. The fourth-order valence-corrected chi connectivity index (χ4v) is 6.35. The molecule has 0 spiro atoms. The lowest BCUT2D eigenvalue weighted by Crippen LogP contribution is -2.58. The first kappa shape index (κ1) is 30.8. The number of hydrogen-bond donors (Lipinski definition) is 1. The van der Waals surface area contributed by atoms with Gasteiger partial charge < -0.3 is 19.0 Å². The van der Waals surface area contributed by atoms with E-state index in [0.717, 1.165) is 10.0 Å². The van der Waals surface area contributed by atoms with Gasteiger partial charge in [-0.05, 0) is 69.4 Å². The summed E-state index contributed by atoms with van der Waals surface area (Å²) >= 11 is 3.52. The fraction of sp³-hybridized carbons (Fsp3) is 0.704. The van der Waals surface area contributed by atoms with E-state index in [4.69, 9.17) is 13.9 Å². The lowest BCUT2D eigenvalue weighted by atomic mass is 9.87. The highest BCUT2D eigenvalue weighted by molar-refractivity contribution is 9.10. The highest BCUT2D eigenvalue weighted by Crippen LogP contribution is 2.46. The monoisotopic (exact) mass is 585 g/mol. The molecule has 0 bridgehead atoms. The Balaban J connectivity index is 2.70. The Morgan fingerprint density at radius 3 is 2.33 bits per heavy atom. The second-order valence-electron chi connectivity index (χ2n) is 12.2. The number of ether oxygens (including phenoxy) is 2. The minimum Gasteiger partial charge on any atom is -0.467 e. The van der Waals surface area contributed by atoms with Gasteiger partial charge >= 0.3 is 12.1 Å². The summed E-state index contributed by atoms with van der Waals surface area (Å²) in [6.45, 7) is 16.2. The quantitative estimate of drug-likeness (QED) is 0.294. The van der Waals surface area contributed by atoms with Crippen LogP contribution < -0.4 is 0 Å². The van der Waals surface area contributed by atoms with Gasteiger partial charge in [0.1, 0.15) is 5.60 Å². The minimum atomic E-state index is -2.27. The Morgan fingerprint density at radius 2 is 1.83 bits per heavy atom. The van der Waals surface area contributed by atoms with Gasteiger partial charge in [-0.25, -0.2) is 9.59 Å². The van der Waals surface area contributed by atoms with Crippen molar-refractivity contribution >= 4 is 36.3 Å². The van der Waals surface area contributed by atoms with Crippen LogP contribution in [-0.4, -0.2) is 67.4 Å². The zero-order valence-electron chi connectivity index (χ0n) is 23.3. The van der Waals surface area contributed by atoms with Gasteiger partial charge in [-0.2, -0.15) is 0 Å². The summed E-state index contributed by atoms with van der Waals surface area (Å²) in [5.41, 5.74) is -1.18. The summed E-state index contributed by atoms with van der Waals surface area (Å²) in [5.74, 6) is -0.497. The van der Waals surface area contributed by atoms with Crippen molar-refractivity contribution in [3.63, 3.8) is 0 Å². The second kappa shape index (κ2) is 11.5. The van der Waals surface area contributed by atoms with Crippen LogP contribution in [0.5, 0.6) is 0 Å². The number of aliphatic hydroxyl groups excluding tert-OH is 1. The highest BCUT2D eigenvalue weighted by Gasteiger charge is 2.61. The molecular formula is C27H44BrNO6Si. The molecule has 1 aliphatic heterocycles. The highest BCUT2D eigenvalue weighted by atomic mass is 79.9. The molecule has 2 rings (SSSR count). The van der Waals surface area contributed by atoms with Crippen LogP contribution in [-0.2, 0) is 25.1 Å². The van der Waals surface area contributed by atoms with Crippen molar-refractivity contribution in [3.8, 4) is 0 Å². The van der Waals surface area contributed by atoms with Gasteiger partial charge in [0.15, 0.2) is 13.9 Å². The van der Waals surface area contributed by atoms with Gasteiger partial charge in [0.2, 0.25) is 0 Å². The van der Waals surface area contributed by atoms with Crippen LogP contribution in [0.4, 0.5) is 4.79 Å². The Morgan fingerprint density at radius 1 is 1.19 bits per heavy atom. The maximum absolute atomic E-state index is 13.8. The van der Waals surface area contributed by atoms with E-state index in [0.29, 0.717) is 12.8 Å². The third-order valence-corrected chi connectivity index (χ3v) is 12.2. The van der Waals surface area contributed by atoms with Gasteiger partial charge in [0.25, 0.3) is 0 Å². The molecule has 0 radical (unpaired) electrons. The van der Waals surface area contributed by atoms with E-state index in [9.17, 15) is 14.7 Å². The van der Waals surface area contributed by atoms with Gasteiger partial charge in [-0.3, -0.25) is 4.90 Å². The van der Waals surface area contributed by atoms with Crippen molar-refractivity contribution < 1.29 is 28.6 Å². The SMILES string of the molecule is COC(=O)[C@]1(Cc2cccc(Br)c2)C[C@H](O[Si](C)(C)C(C)(C)C)[C@H](CCCO)N1C(=O)OC(C)(C)C. The van der Waals surface area contributed by atoms with E-state index in [2.05, 4.69) is 49.8 Å². The van der Waals surface area contributed by atoms with Crippen molar-refractivity contribution in [1.29, 1.82) is 0 Å². The summed E-state index contributed by atoms with van der Waals surface area (Å²) in [6.07, 6.45) is 0.504. The molecule has 1 amide bonds. The molecule has 1 aromatic rings. The number of methoxy groups -OCH3 is 1. The summed E-state index contributed by atoms with van der Waals surface area (Å²) in [6, 6.07) is 7.26. The molecule has 0 aliphatic carbocycles. The number of carbonyl (C=O) groups is 2. The predicted molar refractivity (Wildman–Crippen MR) is 147 cm³/mol. The second-order valence-corrected chi connectivity index (χ2v) is 17.9. The first-order valence-electron chi connectivity index (χ1n) is 12.6. The molecule has 7 nitrogen and oxygen atoms in total. The first-order valence-corrected chi connectivity index (χ1v) is 16.3. The molecule has 1 fully saturated rings. The van der Waals surface area contributed by atoms with Crippen LogP contribution in [0.15, 0.2) is 28.7 Å². The molecule has 1 saturated heterocycles. The largest absolute Gasteiger partial charge is 0.467 e. The van der Waals surface area contributed by atoms with E-state index >= 15 is 0 Å². The summed E-state index contributed by atoms with van der Waals surface area (Å²) in [7, 11) is -0.921. The number of halogens is 1. The normalized spacial score (nSPS) is 23.0. The molecule has 36 heavy (non-hydrogen) atoms.